The van der Waals surface area contributed by atoms with Crippen LogP contribution in [0.5, 0.6) is 5.75 Å². The van der Waals surface area contributed by atoms with Crippen LogP contribution in [0.15, 0.2) is 0 Å². The molecule has 0 atom stereocenters. The molecule has 1 aromatic rings. The predicted molar refractivity (Wildman–Crippen MR) is 36.7 cm³/mol. The molecule has 0 saturated carbocycles. The summed E-state index contributed by atoms with van der Waals surface area (Å²) in [7, 11) is -2.04. The molecule has 0 amide bonds. The van der Waals surface area contributed by atoms with E-state index in [-0.39, 0.29) is 63.4 Å². The van der Waals surface area contributed by atoms with Gasteiger partial charge < -0.3 is 51.9 Å². The van der Waals surface area contributed by atoms with Crippen molar-refractivity contribution in [1.82, 2.24) is 10.2 Å². The van der Waals surface area contributed by atoms with Gasteiger partial charge in [-0.1, -0.05) is 0 Å². The number of aromatic nitrogens is 2. The van der Waals surface area contributed by atoms with Crippen molar-refractivity contribution >= 4 is 7.32 Å². The predicted octanol–water partition coefficient (Wildman–Crippen LogP) is -10.2. The monoisotopic (exact) mass is 350 g/mol. The Kier molecular flexibility index (Phi) is 18.6. The Morgan fingerprint density at radius 2 is 1.80 bits per heavy atom. The average molecular weight is 353 g/mol. The Morgan fingerprint density at radius 3 is 2.07 bits per heavy atom. The molecule has 15 heavy (non-hydrogen) atoms. The number of hydrogen-bond acceptors (Lipinski definition) is 4. The molecule has 0 aliphatic carbocycles. The molecular weight excluding hydrogens is 344 g/mol. The number of aryl methyl sites for hydroxylation is 2. The first-order valence-corrected chi connectivity index (χ1v) is 3.13. The summed E-state index contributed by atoms with van der Waals surface area (Å²) in [5.74, 6) is 0.326. The van der Waals surface area contributed by atoms with Gasteiger partial charge >= 0.3 is 33.5 Å². The van der Waals surface area contributed by atoms with Gasteiger partial charge in [0, 0.05) is 0 Å². The Morgan fingerprint density at radius 1 is 1.33 bits per heavy atom. The van der Waals surface area contributed by atoms with E-state index in [1.54, 1.807) is 13.8 Å². The molecule has 0 radical (unpaired) electrons. The summed E-state index contributed by atoms with van der Waals surface area (Å²) in [6.45, 7) is 3.39. The zero-order chi connectivity index (χ0) is 8.43. The minimum atomic E-state index is -2.04. The Balaban J connectivity index is -0.000000151. The van der Waals surface area contributed by atoms with Crippen LogP contribution in [0, 0.1) is 13.8 Å². The Labute approximate surface area is 126 Å². The largest absolute Gasteiger partial charge is 4.00 e. The molecule has 0 spiro atoms. The van der Waals surface area contributed by atoms with Crippen molar-refractivity contribution in [1.29, 1.82) is 0 Å². The first-order valence-electron chi connectivity index (χ1n) is 3.13. The van der Waals surface area contributed by atoms with Crippen LogP contribution < -0.4 is 46.9 Å². The molecule has 1 rings (SSSR count). The quantitative estimate of drug-likeness (QED) is 0.518. The van der Waals surface area contributed by atoms with Gasteiger partial charge in [0.25, 0.3) is 0 Å². The zero-order valence-corrected chi connectivity index (χ0v) is 12.6. The van der Waals surface area contributed by atoms with E-state index in [0.717, 1.165) is 0 Å². The first-order chi connectivity index (χ1) is 5.11. The number of nitrogens with zero attached hydrogens (tertiary/aromatic N) is 1. The topological polar surface area (TPSA) is 81.2 Å². The number of halogens is 3. The van der Waals surface area contributed by atoms with Crippen LogP contribution in [0.2, 0.25) is 0 Å². The maximum Gasteiger partial charge on any atom is 4.00 e. The molecule has 84 valence electrons. The minimum absolute atomic E-state index is 0. The summed E-state index contributed by atoms with van der Waals surface area (Å²) < 4.78 is 4.52. The van der Waals surface area contributed by atoms with Gasteiger partial charge in [0.15, 0.2) is 0 Å². The summed E-state index contributed by atoms with van der Waals surface area (Å²) in [6, 6.07) is 0. The molecule has 0 aliphatic heterocycles. The minimum Gasteiger partial charge on any atom is -1.00 e. The second kappa shape index (κ2) is 11.2. The van der Waals surface area contributed by atoms with Crippen LogP contribution >= 0.6 is 0 Å². The molecule has 2 N–H and O–H groups in total. The van der Waals surface area contributed by atoms with E-state index in [1.807, 2.05) is 0 Å². The number of hydrogen-bond donors (Lipinski definition) is 2. The van der Waals surface area contributed by atoms with Gasteiger partial charge in [-0.25, -0.2) is 0 Å². The zero-order valence-electron chi connectivity index (χ0n) is 7.92. The molecule has 0 unspecified atom stereocenters. The summed E-state index contributed by atoms with van der Waals surface area (Å²) >= 11 is 0. The van der Waals surface area contributed by atoms with Crippen LogP contribution in [0.25, 0.3) is 0 Å². The molecule has 5 nitrogen and oxygen atoms in total. The van der Waals surface area contributed by atoms with Crippen molar-refractivity contribution < 1.29 is 78.1 Å². The fraction of sp³-hybridized carbons (Fsp3) is 0.400. The normalized spacial score (nSPS) is 7.20. The fourth-order valence-corrected chi connectivity index (χ4v) is 0.815. The summed E-state index contributed by atoms with van der Waals surface area (Å²) in [6.07, 6.45) is 0. The van der Waals surface area contributed by atoms with Crippen molar-refractivity contribution in [2.24, 2.45) is 0 Å². The molecule has 0 fully saturated rings. The number of aromatic amines is 1. The van der Waals surface area contributed by atoms with Gasteiger partial charge in [0.1, 0.15) is 5.75 Å². The molecule has 1 heterocycles. The van der Waals surface area contributed by atoms with Gasteiger partial charge in [-0.2, -0.15) is 5.10 Å². The van der Waals surface area contributed by atoms with E-state index in [9.17, 15) is 5.02 Å². The van der Waals surface area contributed by atoms with E-state index in [1.165, 1.54) is 0 Å². The van der Waals surface area contributed by atoms with Gasteiger partial charge in [0.05, 0.1) is 11.4 Å². The smallest absolute Gasteiger partial charge is 1.00 e. The maximum absolute atomic E-state index is 10.2. The number of H-pyrrole nitrogens is 1. The van der Waals surface area contributed by atoms with Crippen molar-refractivity contribution in [3.63, 3.8) is 0 Å². The first kappa shape index (κ1) is 24.8. The summed E-state index contributed by atoms with van der Waals surface area (Å²) in [5.41, 5.74) is 1.20. The van der Waals surface area contributed by atoms with Crippen LogP contribution in [0.1, 0.15) is 11.4 Å². The average Bonchev–Trinajstić information content (AvgIpc) is 2.18. The molecule has 0 bridgehead atoms. The van der Waals surface area contributed by atoms with E-state index in [2.05, 4.69) is 14.9 Å². The van der Waals surface area contributed by atoms with Gasteiger partial charge in [0.2, 0.25) is 0 Å². The molecule has 0 aliphatic rings. The van der Waals surface area contributed by atoms with Gasteiger partial charge in [-0.05, 0) is 13.8 Å². The molecular formula is C5H8BCl3N2O3Zr. The standard InChI is InChI=1S/C5H8BN2O3.3ClH.Zr/c1-3-5(11-6(9)10)4(2)8-7-3;;;;/h9H,1-2H3,(H,7,8);3*1H;/q-1;;;;+4/p-3. The summed E-state index contributed by atoms with van der Waals surface area (Å²) in [4.78, 5) is 0. The number of rotatable bonds is 2. The maximum atomic E-state index is 10.2. The van der Waals surface area contributed by atoms with Gasteiger partial charge in [-0.3, -0.25) is 5.10 Å². The van der Waals surface area contributed by atoms with Crippen molar-refractivity contribution in [3.05, 3.63) is 11.4 Å². The molecule has 0 saturated heterocycles. The molecule has 10 heteroatoms. The van der Waals surface area contributed by atoms with E-state index in [4.69, 9.17) is 5.02 Å². The van der Waals surface area contributed by atoms with Crippen LogP contribution in [0.3, 0.4) is 0 Å². The van der Waals surface area contributed by atoms with E-state index < -0.39 is 7.32 Å². The van der Waals surface area contributed by atoms with Crippen LogP contribution in [-0.2, 0) is 26.2 Å². The SMILES string of the molecule is Cc1n[nH]c(C)c1OB([O-])O.[Cl-].[Cl-].[Cl-].[Zr+4]. The van der Waals surface area contributed by atoms with E-state index in [0.29, 0.717) is 17.1 Å². The number of nitrogens with one attached hydrogen (secondary N) is 1. The Bertz CT molecular complexity index is 244. The van der Waals surface area contributed by atoms with Crippen LogP contribution in [-0.4, -0.2) is 22.5 Å². The summed E-state index contributed by atoms with van der Waals surface area (Å²) in [5, 5.41) is 24.9. The molecule has 1 aromatic heterocycles. The third-order valence-corrected chi connectivity index (χ3v) is 1.28. The van der Waals surface area contributed by atoms with Crippen LogP contribution in [0.4, 0.5) is 0 Å². The molecule has 0 aromatic carbocycles. The van der Waals surface area contributed by atoms with Crippen molar-refractivity contribution in [2.75, 3.05) is 0 Å². The Hall–Kier alpha value is 0.748. The van der Waals surface area contributed by atoms with Crippen molar-refractivity contribution in [2.45, 2.75) is 13.8 Å². The second-order valence-corrected chi connectivity index (χ2v) is 2.19. The van der Waals surface area contributed by atoms with Crippen molar-refractivity contribution in [3.8, 4) is 5.75 Å². The third-order valence-electron chi connectivity index (χ3n) is 1.28. The second-order valence-electron chi connectivity index (χ2n) is 2.19. The van der Waals surface area contributed by atoms with Gasteiger partial charge in [-0.15, -0.1) is 0 Å². The fourth-order valence-electron chi connectivity index (χ4n) is 0.815. The van der Waals surface area contributed by atoms with E-state index >= 15 is 0 Å². The third kappa shape index (κ3) is 7.61.